The van der Waals surface area contributed by atoms with Crippen LogP contribution in [0.2, 0.25) is 0 Å². The van der Waals surface area contributed by atoms with Crippen LogP contribution in [0.5, 0.6) is 0 Å². The van der Waals surface area contributed by atoms with Gasteiger partial charge in [0, 0.05) is 18.6 Å². The Bertz CT molecular complexity index is 186. The van der Waals surface area contributed by atoms with Crippen LogP contribution in [0.1, 0.15) is 38.5 Å². The lowest BCUT2D eigenvalue weighted by molar-refractivity contribution is 0.0301. The normalized spacial score (nSPS) is 41.1. The largest absolute Gasteiger partial charge is 0.392 e. The SMILES string of the molecule is NC1CCCCC1N1CCCC(O)C1. The summed E-state index contributed by atoms with van der Waals surface area (Å²) in [5, 5.41) is 9.61. The molecule has 0 bridgehead atoms. The second-order valence-corrected chi connectivity index (χ2v) is 4.81. The van der Waals surface area contributed by atoms with E-state index >= 15 is 0 Å². The summed E-state index contributed by atoms with van der Waals surface area (Å²) < 4.78 is 0. The molecule has 3 N–H and O–H groups in total. The first-order chi connectivity index (χ1) is 6.77. The molecule has 2 fully saturated rings. The monoisotopic (exact) mass is 198 g/mol. The number of rotatable bonds is 1. The molecule has 0 aromatic carbocycles. The zero-order valence-electron chi connectivity index (χ0n) is 8.86. The fourth-order valence-electron chi connectivity index (χ4n) is 2.88. The van der Waals surface area contributed by atoms with Gasteiger partial charge in [-0.3, -0.25) is 4.90 Å². The van der Waals surface area contributed by atoms with Crippen LogP contribution in [-0.4, -0.2) is 41.3 Å². The maximum absolute atomic E-state index is 9.61. The van der Waals surface area contributed by atoms with Gasteiger partial charge in [0.15, 0.2) is 0 Å². The second-order valence-electron chi connectivity index (χ2n) is 4.81. The van der Waals surface area contributed by atoms with Crippen LogP contribution in [-0.2, 0) is 0 Å². The molecule has 1 aliphatic carbocycles. The molecule has 1 heterocycles. The lowest BCUT2D eigenvalue weighted by atomic mass is 9.88. The number of hydrogen-bond acceptors (Lipinski definition) is 3. The Morgan fingerprint density at radius 2 is 1.86 bits per heavy atom. The van der Waals surface area contributed by atoms with Crippen molar-refractivity contribution in [1.82, 2.24) is 4.90 Å². The number of aliphatic hydroxyl groups excluding tert-OH is 1. The molecule has 3 heteroatoms. The Balaban J connectivity index is 1.91. The van der Waals surface area contributed by atoms with Crippen LogP contribution in [0.25, 0.3) is 0 Å². The summed E-state index contributed by atoms with van der Waals surface area (Å²) in [6.45, 7) is 1.98. The van der Waals surface area contributed by atoms with Crippen LogP contribution in [0.3, 0.4) is 0 Å². The van der Waals surface area contributed by atoms with Crippen molar-refractivity contribution in [2.45, 2.75) is 56.7 Å². The lowest BCUT2D eigenvalue weighted by Gasteiger charge is -2.41. The third kappa shape index (κ3) is 2.27. The summed E-state index contributed by atoms with van der Waals surface area (Å²) in [6.07, 6.45) is 6.98. The number of nitrogens with two attached hydrogens (primary N) is 1. The highest BCUT2D eigenvalue weighted by molar-refractivity contribution is 4.88. The van der Waals surface area contributed by atoms with E-state index in [-0.39, 0.29) is 6.10 Å². The van der Waals surface area contributed by atoms with E-state index in [1.54, 1.807) is 0 Å². The predicted molar refractivity (Wildman–Crippen MR) is 57.0 cm³/mol. The van der Waals surface area contributed by atoms with E-state index in [2.05, 4.69) is 4.90 Å². The molecule has 3 unspecified atom stereocenters. The number of β-amino-alcohol motifs (C(OH)–C–C–N with tert-alkyl or cyclic N) is 1. The van der Waals surface area contributed by atoms with E-state index in [0.29, 0.717) is 12.1 Å². The zero-order valence-corrected chi connectivity index (χ0v) is 8.86. The van der Waals surface area contributed by atoms with Crippen LogP contribution in [0, 0.1) is 0 Å². The number of nitrogens with zero attached hydrogens (tertiary/aromatic N) is 1. The first-order valence-electron chi connectivity index (χ1n) is 5.95. The summed E-state index contributed by atoms with van der Waals surface area (Å²) in [4.78, 5) is 2.41. The fourth-order valence-corrected chi connectivity index (χ4v) is 2.88. The molecule has 3 atom stereocenters. The molecule has 1 saturated carbocycles. The van der Waals surface area contributed by atoms with E-state index in [0.717, 1.165) is 32.4 Å². The molecule has 0 amide bonds. The standard InChI is InChI=1S/C11H22N2O/c12-10-5-1-2-6-11(10)13-7-3-4-9(14)8-13/h9-11,14H,1-8,12H2. The van der Waals surface area contributed by atoms with Gasteiger partial charge in [-0.15, -0.1) is 0 Å². The number of piperidine rings is 1. The van der Waals surface area contributed by atoms with Gasteiger partial charge >= 0.3 is 0 Å². The fraction of sp³-hybridized carbons (Fsp3) is 1.00. The van der Waals surface area contributed by atoms with Crippen LogP contribution < -0.4 is 5.73 Å². The molecular weight excluding hydrogens is 176 g/mol. The average Bonchev–Trinajstić information content (AvgIpc) is 2.18. The first kappa shape index (κ1) is 10.4. The molecule has 2 aliphatic rings. The molecule has 0 aromatic heterocycles. The van der Waals surface area contributed by atoms with Crippen molar-refractivity contribution >= 4 is 0 Å². The summed E-state index contributed by atoms with van der Waals surface area (Å²) in [5.41, 5.74) is 6.13. The number of hydrogen-bond donors (Lipinski definition) is 2. The molecule has 0 aromatic rings. The minimum Gasteiger partial charge on any atom is -0.392 e. The molecule has 3 nitrogen and oxygen atoms in total. The molecule has 0 spiro atoms. The van der Waals surface area contributed by atoms with Gasteiger partial charge in [0.2, 0.25) is 0 Å². The smallest absolute Gasteiger partial charge is 0.0667 e. The van der Waals surface area contributed by atoms with Gasteiger partial charge in [-0.2, -0.15) is 0 Å². The van der Waals surface area contributed by atoms with Crippen molar-refractivity contribution in [2.75, 3.05) is 13.1 Å². The third-order valence-electron chi connectivity index (χ3n) is 3.68. The van der Waals surface area contributed by atoms with Gasteiger partial charge in [-0.25, -0.2) is 0 Å². The van der Waals surface area contributed by atoms with Crippen molar-refractivity contribution < 1.29 is 5.11 Å². The molecule has 82 valence electrons. The summed E-state index contributed by atoms with van der Waals surface area (Å²) >= 11 is 0. The maximum atomic E-state index is 9.61. The van der Waals surface area contributed by atoms with Crippen LogP contribution >= 0.6 is 0 Å². The van der Waals surface area contributed by atoms with E-state index in [1.807, 2.05) is 0 Å². The van der Waals surface area contributed by atoms with Crippen molar-refractivity contribution in [3.8, 4) is 0 Å². The van der Waals surface area contributed by atoms with Crippen molar-refractivity contribution in [3.05, 3.63) is 0 Å². The molecule has 14 heavy (non-hydrogen) atoms. The van der Waals surface area contributed by atoms with Crippen LogP contribution in [0.15, 0.2) is 0 Å². The van der Waals surface area contributed by atoms with Gasteiger partial charge < -0.3 is 10.8 Å². The molecular formula is C11H22N2O. The highest BCUT2D eigenvalue weighted by Crippen LogP contribution is 2.24. The van der Waals surface area contributed by atoms with Gasteiger partial charge in [-0.1, -0.05) is 12.8 Å². The lowest BCUT2D eigenvalue weighted by Crippen LogP contribution is -2.53. The first-order valence-corrected chi connectivity index (χ1v) is 5.95. The Hall–Kier alpha value is -0.120. The quantitative estimate of drug-likeness (QED) is 0.652. The van der Waals surface area contributed by atoms with Crippen molar-refractivity contribution in [1.29, 1.82) is 0 Å². The maximum Gasteiger partial charge on any atom is 0.0667 e. The number of likely N-dealkylation sites (tertiary alicyclic amines) is 1. The van der Waals surface area contributed by atoms with Crippen LogP contribution in [0.4, 0.5) is 0 Å². The summed E-state index contributed by atoms with van der Waals surface area (Å²) in [5.74, 6) is 0. The van der Waals surface area contributed by atoms with E-state index < -0.39 is 0 Å². The Labute approximate surface area is 86.3 Å². The topological polar surface area (TPSA) is 49.5 Å². The molecule has 0 radical (unpaired) electrons. The van der Waals surface area contributed by atoms with Crippen molar-refractivity contribution in [3.63, 3.8) is 0 Å². The minimum absolute atomic E-state index is 0.113. The molecule has 1 saturated heterocycles. The van der Waals surface area contributed by atoms with Gasteiger partial charge in [0.1, 0.15) is 0 Å². The molecule has 1 aliphatic heterocycles. The Morgan fingerprint density at radius 3 is 2.57 bits per heavy atom. The van der Waals surface area contributed by atoms with Crippen molar-refractivity contribution in [2.24, 2.45) is 5.73 Å². The highest BCUT2D eigenvalue weighted by Gasteiger charge is 2.30. The Kier molecular flexibility index (Phi) is 3.42. The van der Waals surface area contributed by atoms with E-state index in [4.69, 9.17) is 5.73 Å². The average molecular weight is 198 g/mol. The summed E-state index contributed by atoms with van der Waals surface area (Å²) in [6, 6.07) is 0.882. The van der Waals surface area contributed by atoms with Gasteiger partial charge in [0.25, 0.3) is 0 Å². The zero-order chi connectivity index (χ0) is 9.97. The third-order valence-corrected chi connectivity index (χ3v) is 3.68. The molecule has 2 rings (SSSR count). The van der Waals surface area contributed by atoms with Gasteiger partial charge in [0.05, 0.1) is 6.10 Å². The second kappa shape index (κ2) is 4.60. The number of aliphatic hydroxyl groups is 1. The van der Waals surface area contributed by atoms with E-state index in [1.165, 1.54) is 19.3 Å². The predicted octanol–water partition coefficient (Wildman–Crippen LogP) is 0.713. The highest BCUT2D eigenvalue weighted by atomic mass is 16.3. The Morgan fingerprint density at radius 1 is 1.07 bits per heavy atom. The minimum atomic E-state index is -0.113. The summed E-state index contributed by atoms with van der Waals surface area (Å²) in [7, 11) is 0. The van der Waals surface area contributed by atoms with Gasteiger partial charge in [-0.05, 0) is 32.2 Å². The van der Waals surface area contributed by atoms with E-state index in [9.17, 15) is 5.11 Å².